The summed E-state index contributed by atoms with van der Waals surface area (Å²) in [5.41, 5.74) is 19.1. The van der Waals surface area contributed by atoms with Crippen LogP contribution in [0.3, 0.4) is 0 Å². The van der Waals surface area contributed by atoms with Crippen molar-refractivity contribution in [1.82, 2.24) is 4.98 Å². The summed E-state index contributed by atoms with van der Waals surface area (Å²) in [4.78, 5) is 4.65. The SMILES string of the molecule is Cc1cc(Cc2ccc(N)cc2)c2c(N)ccc(C)c2n1. The second kappa shape index (κ2) is 5.09. The minimum atomic E-state index is 0.782. The summed E-state index contributed by atoms with van der Waals surface area (Å²) in [6.07, 6.45) is 0.827. The van der Waals surface area contributed by atoms with Crippen molar-refractivity contribution >= 4 is 22.3 Å². The predicted molar refractivity (Wildman–Crippen MR) is 89.3 cm³/mol. The fourth-order valence-corrected chi connectivity index (χ4v) is 2.72. The fourth-order valence-electron chi connectivity index (χ4n) is 2.72. The van der Waals surface area contributed by atoms with Crippen LogP contribution in [-0.2, 0) is 6.42 Å². The zero-order chi connectivity index (χ0) is 15.0. The van der Waals surface area contributed by atoms with Crippen LogP contribution < -0.4 is 11.5 Å². The van der Waals surface area contributed by atoms with Crippen molar-refractivity contribution in [1.29, 1.82) is 0 Å². The maximum absolute atomic E-state index is 6.19. The van der Waals surface area contributed by atoms with E-state index in [0.717, 1.165) is 40.0 Å². The summed E-state index contributed by atoms with van der Waals surface area (Å²) in [7, 11) is 0. The second-order valence-electron chi connectivity index (χ2n) is 5.54. The first-order valence-corrected chi connectivity index (χ1v) is 7.04. The van der Waals surface area contributed by atoms with Crippen LogP contribution in [0, 0.1) is 13.8 Å². The van der Waals surface area contributed by atoms with Gasteiger partial charge in [-0.15, -0.1) is 0 Å². The normalized spacial score (nSPS) is 11.0. The van der Waals surface area contributed by atoms with E-state index in [1.807, 2.05) is 31.2 Å². The Morgan fingerprint density at radius 3 is 2.38 bits per heavy atom. The minimum Gasteiger partial charge on any atom is -0.399 e. The van der Waals surface area contributed by atoms with Crippen molar-refractivity contribution in [2.75, 3.05) is 11.5 Å². The summed E-state index contributed by atoms with van der Waals surface area (Å²) in [5.74, 6) is 0. The first kappa shape index (κ1) is 13.4. The smallest absolute Gasteiger partial charge is 0.0757 e. The number of aromatic nitrogens is 1. The van der Waals surface area contributed by atoms with Crippen molar-refractivity contribution < 1.29 is 0 Å². The highest BCUT2D eigenvalue weighted by Crippen LogP contribution is 2.28. The van der Waals surface area contributed by atoms with E-state index in [0.29, 0.717) is 0 Å². The van der Waals surface area contributed by atoms with Crippen LogP contribution in [0.15, 0.2) is 42.5 Å². The maximum atomic E-state index is 6.19. The van der Waals surface area contributed by atoms with Crippen molar-refractivity contribution in [3.05, 3.63) is 64.8 Å². The van der Waals surface area contributed by atoms with Gasteiger partial charge in [-0.1, -0.05) is 18.2 Å². The number of nitrogens with two attached hydrogens (primary N) is 2. The number of pyridine rings is 1. The Hall–Kier alpha value is -2.55. The molecule has 1 heterocycles. The monoisotopic (exact) mass is 277 g/mol. The number of aryl methyl sites for hydroxylation is 2. The van der Waals surface area contributed by atoms with Gasteiger partial charge in [0.25, 0.3) is 0 Å². The van der Waals surface area contributed by atoms with Crippen LogP contribution in [-0.4, -0.2) is 4.98 Å². The number of rotatable bonds is 2. The number of benzene rings is 2. The van der Waals surface area contributed by atoms with Crippen LogP contribution in [0.1, 0.15) is 22.4 Å². The molecule has 0 aliphatic rings. The molecule has 3 nitrogen and oxygen atoms in total. The van der Waals surface area contributed by atoms with Crippen molar-refractivity contribution in [3.63, 3.8) is 0 Å². The molecule has 1 aromatic heterocycles. The van der Waals surface area contributed by atoms with Crippen molar-refractivity contribution in [3.8, 4) is 0 Å². The molecule has 2 aromatic carbocycles. The Labute approximate surface area is 124 Å². The highest BCUT2D eigenvalue weighted by Gasteiger charge is 2.10. The topological polar surface area (TPSA) is 64.9 Å². The third-order valence-corrected chi connectivity index (χ3v) is 3.78. The van der Waals surface area contributed by atoms with Gasteiger partial charge in [0.15, 0.2) is 0 Å². The van der Waals surface area contributed by atoms with E-state index < -0.39 is 0 Å². The summed E-state index contributed by atoms with van der Waals surface area (Å²) in [6, 6.07) is 14.1. The Kier molecular flexibility index (Phi) is 3.26. The third kappa shape index (κ3) is 2.55. The van der Waals surface area contributed by atoms with Gasteiger partial charge in [0.2, 0.25) is 0 Å². The largest absolute Gasteiger partial charge is 0.399 e. The van der Waals surface area contributed by atoms with Gasteiger partial charge in [-0.25, -0.2) is 0 Å². The van der Waals surface area contributed by atoms with Crippen LogP contribution in [0.4, 0.5) is 11.4 Å². The standard InChI is InChI=1S/C18H19N3/c1-11-3-8-16(20)17-14(9-12(2)21-18(11)17)10-13-4-6-15(19)7-5-13/h3-9H,10,19-20H2,1-2H3. The van der Waals surface area contributed by atoms with Gasteiger partial charge in [-0.2, -0.15) is 0 Å². The first-order valence-electron chi connectivity index (χ1n) is 7.04. The molecule has 0 saturated heterocycles. The Balaban J connectivity index is 2.17. The van der Waals surface area contributed by atoms with Crippen LogP contribution in [0.2, 0.25) is 0 Å². The minimum absolute atomic E-state index is 0.782. The van der Waals surface area contributed by atoms with E-state index in [4.69, 9.17) is 11.5 Å². The molecule has 0 unspecified atom stereocenters. The van der Waals surface area contributed by atoms with Gasteiger partial charge in [0.1, 0.15) is 0 Å². The van der Waals surface area contributed by atoms with E-state index >= 15 is 0 Å². The molecule has 0 fully saturated rings. The van der Waals surface area contributed by atoms with Gasteiger partial charge in [0.05, 0.1) is 5.52 Å². The van der Waals surface area contributed by atoms with Crippen LogP contribution in [0.25, 0.3) is 10.9 Å². The van der Waals surface area contributed by atoms with E-state index in [1.165, 1.54) is 11.1 Å². The number of nitrogen functional groups attached to an aromatic ring is 2. The molecule has 0 radical (unpaired) electrons. The van der Waals surface area contributed by atoms with Crippen molar-refractivity contribution in [2.24, 2.45) is 0 Å². The highest BCUT2D eigenvalue weighted by atomic mass is 14.7. The molecule has 3 heteroatoms. The van der Waals surface area contributed by atoms with Gasteiger partial charge in [-0.3, -0.25) is 4.98 Å². The van der Waals surface area contributed by atoms with Gasteiger partial charge in [-0.05, 0) is 61.2 Å². The molecule has 106 valence electrons. The molecule has 0 spiro atoms. The molecule has 0 aliphatic heterocycles. The van der Waals surface area contributed by atoms with E-state index in [9.17, 15) is 0 Å². The molecule has 0 atom stereocenters. The molecule has 0 saturated carbocycles. The third-order valence-electron chi connectivity index (χ3n) is 3.78. The number of nitrogens with zero attached hydrogens (tertiary/aromatic N) is 1. The summed E-state index contributed by atoms with van der Waals surface area (Å²) in [6.45, 7) is 4.09. The molecule has 0 bridgehead atoms. The lowest BCUT2D eigenvalue weighted by Gasteiger charge is -2.12. The van der Waals surface area contributed by atoms with Crippen LogP contribution in [0.5, 0.6) is 0 Å². The lowest BCUT2D eigenvalue weighted by atomic mass is 9.97. The predicted octanol–water partition coefficient (Wildman–Crippen LogP) is 3.61. The molecule has 0 amide bonds. The summed E-state index contributed by atoms with van der Waals surface area (Å²) in [5, 5.41) is 1.07. The number of hydrogen-bond donors (Lipinski definition) is 2. The number of anilines is 2. The number of fused-ring (bicyclic) bond motifs is 1. The van der Waals surface area contributed by atoms with E-state index in [1.54, 1.807) is 0 Å². The average molecular weight is 277 g/mol. The Bertz CT molecular complexity index is 805. The van der Waals surface area contributed by atoms with E-state index in [2.05, 4.69) is 30.1 Å². The molecule has 3 rings (SSSR count). The van der Waals surface area contributed by atoms with Gasteiger partial charge < -0.3 is 11.5 Å². The van der Waals surface area contributed by atoms with Crippen LogP contribution >= 0.6 is 0 Å². The average Bonchev–Trinajstić information content (AvgIpc) is 2.45. The van der Waals surface area contributed by atoms with Crippen molar-refractivity contribution in [2.45, 2.75) is 20.3 Å². The van der Waals surface area contributed by atoms with Gasteiger partial charge >= 0.3 is 0 Å². The maximum Gasteiger partial charge on any atom is 0.0757 e. The molecular weight excluding hydrogens is 258 g/mol. The molecular formula is C18H19N3. The molecule has 0 aliphatic carbocycles. The lowest BCUT2D eigenvalue weighted by molar-refractivity contribution is 1.16. The fraction of sp³-hybridized carbons (Fsp3) is 0.167. The highest BCUT2D eigenvalue weighted by molar-refractivity contribution is 5.95. The zero-order valence-corrected chi connectivity index (χ0v) is 12.4. The summed E-state index contributed by atoms with van der Waals surface area (Å²) >= 11 is 0. The zero-order valence-electron chi connectivity index (χ0n) is 12.4. The van der Waals surface area contributed by atoms with Gasteiger partial charge in [0, 0.05) is 22.5 Å². The number of hydrogen-bond acceptors (Lipinski definition) is 3. The first-order chi connectivity index (χ1) is 10.0. The Morgan fingerprint density at radius 2 is 1.67 bits per heavy atom. The lowest BCUT2D eigenvalue weighted by Crippen LogP contribution is -1.99. The molecule has 4 N–H and O–H groups in total. The second-order valence-corrected chi connectivity index (χ2v) is 5.54. The molecule has 3 aromatic rings. The Morgan fingerprint density at radius 1 is 0.952 bits per heavy atom. The quantitative estimate of drug-likeness (QED) is 0.703. The summed E-state index contributed by atoms with van der Waals surface area (Å²) < 4.78 is 0. The van der Waals surface area contributed by atoms with E-state index in [-0.39, 0.29) is 0 Å². The molecule has 21 heavy (non-hydrogen) atoms.